The molecule has 1 saturated heterocycles. The average Bonchev–Trinajstić information content (AvgIpc) is 2.19. The van der Waals surface area contributed by atoms with Crippen LogP contribution in [0.4, 0.5) is 0 Å². The molecule has 1 amide bonds. The lowest BCUT2D eigenvalue weighted by Gasteiger charge is -2.32. The Hall–Kier alpha value is -0.530. The molecule has 1 unspecified atom stereocenters. The minimum atomic E-state index is 0.279. The number of carbonyl (C=O) groups excluding carboxylic acids is 1. The Balaban J connectivity index is 1.87. The van der Waals surface area contributed by atoms with E-state index in [4.69, 9.17) is 0 Å². The van der Waals surface area contributed by atoms with Crippen LogP contribution in [0.1, 0.15) is 44.9 Å². The normalized spacial score (nSPS) is 31.4. The van der Waals surface area contributed by atoms with Gasteiger partial charge in [0.25, 0.3) is 0 Å². The molecule has 1 atom stereocenters. The average molecular weight is 181 g/mol. The maximum atomic E-state index is 11.2. The molecule has 1 aliphatic heterocycles. The van der Waals surface area contributed by atoms with Crippen LogP contribution in [0.15, 0.2) is 0 Å². The predicted octanol–water partition coefficient (Wildman–Crippen LogP) is 2.09. The van der Waals surface area contributed by atoms with Crippen LogP contribution in [0.25, 0.3) is 0 Å². The first-order valence-electron chi connectivity index (χ1n) is 5.63. The Kier molecular flexibility index (Phi) is 2.87. The highest BCUT2D eigenvalue weighted by atomic mass is 16.1. The molecule has 2 nitrogen and oxygen atoms in total. The summed E-state index contributed by atoms with van der Waals surface area (Å²) in [6.45, 7) is 0.917. The summed E-state index contributed by atoms with van der Waals surface area (Å²) in [5.41, 5.74) is 0. The van der Waals surface area contributed by atoms with E-state index in [0.29, 0.717) is 5.92 Å². The maximum absolute atomic E-state index is 11.2. The van der Waals surface area contributed by atoms with E-state index in [-0.39, 0.29) is 5.91 Å². The lowest BCUT2D eigenvalue weighted by atomic mass is 9.76. The molecule has 0 aromatic rings. The lowest BCUT2D eigenvalue weighted by Crippen LogP contribution is -2.36. The molecule has 0 radical (unpaired) electrons. The molecule has 0 bridgehead atoms. The summed E-state index contributed by atoms with van der Waals surface area (Å²) in [7, 11) is 0. The van der Waals surface area contributed by atoms with Crippen LogP contribution in [0.2, 0.25) is 0 Å². The molecule has 2 rings (SSSR count). The van der Waals surface area contributed by atoms with Crippen LogP contribution in [-0.2, 0) is 4.79 Å². The molecule has 1 saturated carbocycles. The molecular weight excluding hydrogens is 162 g/mol. The molecule has 1 N–H and O–H groups in total. The van der Waals surface area contributed by atoms with Crippen molar-refractivity contribution >= 4 is 5.91 Å². The van der Waals surface area contributed by atoms with Gasteiger partial charge in [0.15, 0.2) is 0 Å². The standard InChI is InChI=1S/C11H19NO/c13-11-8-10(6-7-12-11)9-4-2-1-3-5-9/h9-10H,1-8H2,(H,12,13). The van der Waals surface area contributed by atoms with Crippen LogP contribution in [0.3, 0.4) is 0 Å². The van der Waals surface area contributed by atoms with Gasteiger partial charge in [-0.3, -0.25) is 4.79 Å². The van der Waals surface area contributed by atoms with Gasteiger partial charge in [0, 0.05) is 13.0 Å². The summed E-state index contributed by atoms with van der Waals surface area (Å²) in [5, 5.41) is 2.91. The summed E-state index contributed by atoms with van der Waals surface area (Å²) in [6.07, 6.45) is 8.96. The fraction of sp³-hybridized carbons (Fsp3) is 0.909. The van der Waals surface area contributed by atoms with E-state index in [9.17, 15) is 4.79 Å². The van der Waals surface area contributed by atoms with Gasteiger partial charge < -0.3 is 5.32 Å². The summed E-state index contributed by atoms with van der Waals surface area (Å²) in [4.78, 5) is 11.2. The molecule has 1 heterocycles. The minimum Gasteiger partial charge on any atom is -0.356 e. The molecule has 2 heteroatoms. The Morgan fingerprint density at radius 2 is 1.77 bits per heavy atom. The Bertz CT molecular complexity index is 185. The van der Waals surface area contributed by atoms with Gasteiger partial charge in [0.2, 0.25) is 5.91 Å². The third kappa shape index (κ3) is 2.23. The maximum Gasteiger partial charge on any atom is 0.220 e. The van der Waals surface area contributed by atoms with Gasteiger partial charge in [-0.05, 0) is 18.3 Å². The van der Waals surface area contributed by atoms with Crippen molar-refractivity contribution in [3.63, 3.8) is 0 Å². The number of amides is 1. The summed E-state index contributed by atoms with van der Waals surface area (Å²) in [5.74, 6) is 1.84. The monoisotopic (exact) mass is 181 g/mol. The van der Waals surface area contributed by atoms with Crippen molar-refractivity contribution in [3.05, 3.63) is 0 Å². The highest BCUT2D eigenvalue weighted by molar-refractivity contribution is 5.76. The van der Waals surface area contributed by atoms with Crippen LogP contribution >= 0.6 is 0 Å². The zero-order valence-electron chi connectivity index (χ0n) is 8.22. The number of rotatable bonds is 1. The summed E-state index contributed by atoms with van der Waals surface area (Å²) < 4.78 is 0. The van der Waals surface area contributed by atoms with Crippen molar-refractivity contribution in [3.8, 4) is 0 Å². The molecule has 1 aliphatic carbocycles. The van der Waals surface area contributed by atoms with Gasteiger partial charge in [-0.25, -0.2) is 0 Å². The van der Waals surface area contributed by atoms with E-state index in [1.54, 1.807) is 0 Å². The molecule has 13 heavy (non-hydrogen) atoms. The first-order chi connectivity index (χ1) is 6.36. The van der Waals surface area contributed by atoms with Crippen LogP contribution in [0.5, 0.6) is 0 Å². The first-order valence-corrected chi connectivity index (χ1v) is 5.63. The third-order valence-electron chi connectivity index (χ3n) is 3.60. The molecule has 2 aliphatic rings. The van der Waals surface area contributed by atoms with Crippen molar-refractivity contribution in [2.45, 2.75) is 44.9 Å². The van der Waals surface area contributed by atoms with Crippen LogP contribution in [0, 0.1) is 11.8 Å². The van der Waals surface area contributed by atoms with E-state index in [1.807, 2.05) is 0 Å². The minimum absolute atomic E-state index is 0.279. The van der Waals surface area contributed by atoms with E-state index in [2.05, 4.69) is 5.32 Å². The van der Waals surface area contributed by atoms with Gasteiger partial charge >= 0.3 is 0 Å². The van der Waals surface area contributed by atoms with E-state index in [1.165, 1.54) is 38.5 Å². The molecule has 0 spiro atoms. The quantitative estimate of drug-likeness (QED) is 0.659. The van der Waals surface area contributed by atoms with Crippen molar-refractivity contribution in [2.75, 3.05) is 6.54 Å². The van der Waals surface area contributed by atoms with Gasteiger partial charge in [0.05, 0.1) is 0 Å². The zero-order valence-corrected chi connectivity index (χ0v) is 8.22. The smallest absolute Gasteiger partial charge is 0.220 e. The van der Waals surface area contributed by atoms with E-state index in [0.717, 1.165) is 18.9 Å². The Morgan fingerprint density at radius 3 is 2.46 bits per heavy atom. The second kappa shape index (κ2) is 4.12. The molecule has 74 valence electrons. The summed E-state index contributed by atoms with van der Waals surface area (Å²) >= 11 is 0. The topological polar surface area (TPSA) is 29.1 Å². The van der Waals surface area contributed by atoms with Gasteiger partial charge in [-0.15, -0.1) is 0 Å². The van der Waals surface area contributed by atoms with Crippen LogP contribution in [-0.4, -0.2) is 12.5 Å². The fourth-order valence-electron chi connectivity index (χ4n) is 2.82. The number of hydrogen-bond donors (Lipinski definition) is 1. The van der Waals surface area contributed by atoms with Crippen molar-refractivity contribution in [1.82, 2.24) is 5.32 Å². The van der Waals surface area contributed by atoms with Gasteiger partial charge in [-0.1, -0.05) is 32.1 Å². The predicted molar refractivity (Wildman–Crippen MR) is 52.3 cm³/mol. The second-order valence-electron chi connectivity index (χ2n) is 4.50. The highest BCUT2D eigenvalue weighted by Gasteiger charge is 2.27. The number of hydrogen-bond acceptors (Lipinski definition) is 1. The summed E-state index contributed by atoms with van der Waals surface area (Å²) in [6, 6.07) is 0. The van der Waals surface area contributed by atoms with E-state index < -0.39 is 0 Å². The SMILES string of the molecule is O=C1CC(C2CCCCC2)CCN1. The first kappa shape index (κ1) is 9.04. The third-order valence-corrected chi connectivity index (χ3v) is 3.60. The highest BCUT2D eigenvalue weighted by Crippen LogP contribution is 2.34. The zero-order chi connectivity index (χ0) is 9.10. The molecule has 2 fully saturated rings. The number of nitrogens with one attached hydrogen (secondary N) is 1. The van der Waals surface area contributed by atoms with Crippen LogP contribution < -0.4 is 5.32 Å². The van der Waals surface area contributed by atoms with Crippen molar-refractivity contribution in [1.29, 1.82) is 0 Å². The fourth-order valence-corrected chi connectivity index (χ4v) is 2.82. The van der Waals surface area contributed by atoms with Crippen molar-refractivity contribution < 1.29 is 4.79 Å². The number of piperidine rings is 1. The molecule has 0 aromatic heterocycles. The van der Waals surface area contributed by atoms with Gasteiger partial charge in [0.1, 0.15) is 0 Å². The van der Waals surface area contributed by atoms with Gasteiger partial charge in [-0.2, -0.15) is 0 Å². The Morgan fingerprint density at radius 1 is 1.00 bits per heavy atom. The lowest BCUT2D eigenvalue weighted by molar-refractivity contribution is -0.124. The number of carbonyl (C=O) groups is 1. The largest absolute Gasteiger partial charge is 0.356 e. The molecule has 0 aromatic carbocycles. The molecular formula is C11H19NO. The van der Waals surface area contributed by atoms with Crippen molar-refractivity contribution in [2.24, 2.45) is 11.8 Å². The second-order valence-corrected chi connectivity index (χ2v) is 4.50. The Labute approximate surface area is 80.1 Å². The van der Waals surface area contributed by atoms with E-state index >= 15 is 0 Å².